The van der Waals surface area contributed by atoms with Crippen LogP contribution in [0.15, 0.2) is 29.3 Å². The number of nitrogens with zero attached hydrogens (tertiary/aromatic N) is 2. The van der Waals surface area contributed by atoms with Gasteiger partial charge in [-0.05, 0) is 49.8 Å². The molecule has 15 nitrogen and oxygen atoms in total. The first-order chi connectivity index (χ1) is 18.9. The molecule has 15 heteroatoms. The SMILES string of the molecule is NC(=O)CCC(N)C(=O)NC(Cc1ccc(O)cc1)C(=O)NC(CCCN=C(N)N)C(=O)N1CCCC1C(=O)O. The molecule has 0 bridgehead atoms. The second-order valence-electron chi connectivity index (χ2n) is 9.58. The lowest BCUT2D eigenvalue weighted by molar-refractivity contribution is -0.149. The smallest absolute Gasteiger partial charge is 0.326 e. The Morgan fingerprint density at radius 2 is 1.65 bits per heavy atom. The Hall–Kier alpha value is -4.40. The largest absolute Gasteiger partial charge is 0.508 e. The molecule has 4 atom stereocenters. The van der Waals surface area contributed by atoms with Gasteiger partial charge in [-0.1, -0.05) is 12.1 Å². The number of likely N-dealkylation sites (tertiary alicyclic amines) is 1. The van der Waals surface area contributed by atoms with Gasteiger partial charge in [0.1, 0.15) is 23.9 Å². The highest BCUT2D eigenvalue weighted by molar-refractivity contribution is 5.94. The summed E-state index contributed by atoms with van der Waals surface area (Å²) in [6.07, 6.45) is 1.01. The number of phenols is 1. The number of aromatic hydroxyl groups is 1. The van der Waals surface area contributed by atoms with Gasteiger partial charge in [-0.15, -0.1) is 0 Å². The normalized spacial score (nSPS) is 16.8. The van der Waals surface area contributed by atoms with E-state index in [0.29, 0.717) is 24.8 Å². The first-order valence-electron chi connectivity index (χ1n) is 12.9. The molecule has 1 saturated heterocycles. The molecule has 0 spiro atoms. The minimum atomic E-state index is -1.20. The van der Waals surface area contributed by atoms with Gasteiger partial charge in [-0.25, -0.2) is 4.79 Å². The Labute approximate surface area is 231 Å². The molecule has 0 saturated carbocycles. The molecule has 1 aliphatic heterocycles. The van der Waals surface area contributed by atoms with Gasteiger partial charge in [0.25, 0.3) is 0 Å². The maximum atomic E-state index is 13.5. The monoisotopic (exact) mass is 562 g/mol. The number of phenolic OH excluding ortho intramolecular Hbond substituents is 1. The van der Waals surface area contributed by atoms with Crippen molar-refractivity contribution >= 4 is 35.6 Å². The van der Waals surface area contributed by atoms with E-state index in [-0.39, 0.29) is 50.5 Å². The molecule has 1 aromatic rings. The molecule has 1 aliphatic rings. The van der Waals surface area contributed by atoms with Crippen molar-refractivity contribution in [3.8, 4) is 5.75 Å². The van der Waals surface area contributed by atoms with E-state index in [4.69, 9.17) is 22.9 Å². The maximum Gasteiger partial charge on any atom is 0.326 e. The average Bonchev–Trinajstić information content (AvgIpc) is 3.39. The van der Waals surface area contributed by atoms with E-state index < -0.39 is 53.8 Å². The number of rotatable bonds is 15. The number of aliphatic carboxylic acids is 1. The summed E-state index contributed by atoms with van der Waals surface area (Å²) in [5, 5.41) is 24.3. The van der Waals surface area contributed by atoms with Gasteiger partial charge in [0.05, 0.1) is 6.04 Å². The second kappa shape index (κ2) is 15.3. The lowest BCUT2D eigenvalue weighted by atomic mass is 10.0. The van der Waals surface area contributed by atoms with E-state index >= 15 is 0 Å². The van der Waals surface area contributed by atoms with Crippen LogP contribution in [0.1, 0.15) is 44.1 Å². The first kappa shape index (κ1) is 31.8. The van der Waals surface area contributed by atoms with Crippen molar-refractivity contribution in [3.63, 3.8) is 0 Å². The van der Waals surface area contributed by atoms with Crippen LogP contribution in [0.3, 0.4) is 0 Å². The van der Waals surface area contributed by atoms with Crippen molar-refractivity contribution in [3.05, 3.63) is 29.8 Å². The number of carbonyl (C=O) groups is 5. The summed E-state index contributed by atoms with van der Waals surface area (Å²) < 4.78 is 0. The molecule has 1 fully saturated rings. The molecule has 0 aromatic heterocycles. The van der Waals surface area contributed by atoms with E-state index in [0.717, 1.165) is 0 Å². The van der Waals surface area contributed by atoms with Crippen LogP contribution in [-0.4, -0.2) is 87.9 Å². The van der Waals surface area contributed by atoms with Crippen molar-refractivity contribution in [2.24, 2.45) is 27.9 Å². The molecule has 12 N–H and O–H groups in total. The number of nitrogens with one attached hydrogen (secondary N) is 2. The number of carboxylic acids is 1. The number of carbonyl (C=O) groups excluding carboxylic acids is 4. The molecule has 2 rings (SSSR count). The van der Waals surface area contributed by atoms with Crippen molar-refractivity contribution in [1.29, 1.82) is 0 Å². The van der Waals surface area contributed by atoms with Crippen LogP contribution in [-0.2, 0) is 30.4 Å². The summed E-state index contributed by atoms with van der Waals surface area (Å²) in [6, 6.07) is 1.51. The first-order valence-corrected chi connectivity index (χ1v) is 12.9. The third kappa shape index (κ3) is 10.1. The predicted molar refractivity (Wildman–Crippen MR) is 144 cm³/mol. The Balaban J connectivity index is 2.26. The standard InChI is InChI=1S/C25H38N8O7/c26-16(9-10-20(27)35)21(36)32-18(13-14-5-7-15(34)8-6-14)22(37)31-17(3-1-11-30-25(28)29)23(38)33-12-2-4-19(33)24(39)40/h5-8,16-19,34H,1-4,9-13,26H2,(H2,27,35)(H,31,37)(H,32,36)(H,39,40)(H4,28,29,30). The molecule has 1 aromatic carbocycles. The Morgan fingerprint density at radius 3 is 2.25 bits per heavy atom. The van der Waals surface area contributed by atoms with Crippen LogP contribution < -0.4 is 33.6 Å². The zero-order valence-corrected chi connectivity index (χ0v) is 22.1. The van der Waals surface area contributed by atoms with Crippen LogP contribution in [0.2, 0.25) is 0 Å². The molecule has 40 heavy (non-hydrogen) atoms. The van der Waals surface area contributed by atoms with Crippen LogP contribution >= 0.6 is 0 Å². The molecule has 0 aliphatic carbocycles. The molecule has 220 valence electrons. The molecular weight excluding hydrogens is 524 g/mol. The molecule has 4 amide bonds. The van der Waals surface area contributed by atoms with E-state index in [2.05, 4.69) is 15.6 Å². The highest BCUT2D eigenvalue weighted by Gasteiger charge is 2.38. The van der Waals surface area contributed by atoms with Crippen LogP contribution in [0.5, 0.6) is 5.75 Å². The van der Waals surface area contributed by atoms with Crippen molar-refractivity contribution < 1.29 is 34.2 Å². The minimum Gasteiger partial charge on any atom is -0.508 e. The average molecular weight is 563 g/mol. The quantitative estimate of drug-likeness (QED) is 0.0639. The fourth-order valence-electron chi connectivity index (χ4n) is 4.31. The lowest BCUT2D eigenvalue weighted by Crippen LogP contribution is -2.57. The molecular formula is C25H38N8O7. The zero-order valence-electron chi connectivity index (χ0n) is 22.1. The summed E-state index contributed by atoms with van der Waals surface area (Å²) >= 11 is 0. The molecule has 0 radical (unpaired) electrons. The number of hydrogen-bond donors (Lipinski definition) is 8. The van der Waals surface area contributed by atoms with E-state index in [9.17, 15) is 34.2 Å². The van der Waals surface area contributed by atoms with Crippen molar-refractivity contribution in [2.75, 3.05) is 13.1 Å². The number of aliphatic imine (C=N–C) groups is 1. The Bertz CT molecular complexity index is 1090. The van der Waals surface area contributed by atoms with Gasteiger partial charge >= 0.3 is 5.97 Å². The highest BCUT2D eigenvalue weighted by atomic mass is 16.4. The van der Waals surface area contributed by atoms with Crippen LogP contribution in [0.25, 0.3) is 0 Å². The number of amides is 4. The van der Waals surface area contributed by atoms with Crippen LogP contribution in [0, 0.1) is 0 Å². The molecule has 1 heterocycles. The van der Waals surface area contributed by atoms with Crippen molar-refractivity contribution in [1.82, 2.24) is 15.5 Å². The number of hydrogen-bond acceptors (Lipinski definition) is 8. The summed E-state index contributed by atoms with van der Waals surface area (Å²) in [6.45, 7) is 0.394. The summed E-state index contributed by atoms with van der Waals surface area (Å²) in [5.41, 5.74) is 22.3. The van der Waals surface area contributed by atoms with Gasteiger partial charge in [0.2, 0.25) is 23.6 Å². The Kier molecular flexibility index (Phi) is 12.1. The van der Waals surface area contributed by atoms with Gasteiger partial charge < -0.3 is 48.7 Å². The number of guanidine groups is 1. The van der Waals surface area contributed by atoms with Gasteiger partial charge in [-0.3, -0.25) is 24.2 Å². The topological polar surface area (TPSA) is 270 Å². The van der Waals surface area contributed by atoms with Gasteiger partial charge in [-0.2, -0.15) is 0 Å². The second-order valence-corrected chi connectivity index (χ2v) is 9.58. The van der Waals surface area contributed by atoms with Gasteiger partial charge in [0.15, 0.2) is 5.96 Å². The maximum absolute atomic E-state index is 13.5. The summed E-state index contributed by atoms with van der Waals surface area (Å²) in [5.74, 6) is -3.90. The number of benzene rings is 1. The minimum absolute atomic E-state index is 0.00675. The molecule has 4 unspecified atom stereocenters. The fourth-order valence-corrected chi connectivity index (χ4v) is 4.31. The predicted octanol–water partition coefficient (Wildman–Crippen LogP) is -2.37. The summed E-state index contributed by atoms with van der Waals surface area (Å²) in [4.78, 5) is 67.5. The third-order valence-electron chi connectivity index (χ3n) is 6.43. The van der Waals surface area contributed by atoms with E-state index in [1.807, 2.05) is 0 Å². The fraction of sp³-hybridized carbons (Fsp3) is 0.520. The van der Waals surface area contributed by atoms with E-state index in [1.165, 1.54) is 17.0 Å². The Morgan fingerprint density at radius 1 is 1.00 bits per heavy atom. The van der Waals surface area contributed by atoms with Crippen LogP contribution in [0.4, 0.5) is 0 Å². The number of carboxylic acid groups (broad SMARTS) is 1. The van der Waals surface area contributed by atoms with Crippen molar-refractivity contribution in [2.45, 2.75) is 69.1 Å². The highest BCUT2D eigenvalue weighted by Crippen LogP contribution is 2.20. The third-order valence-corrected chi connectivity index (χ3v) is 6.43. The number of primary amides is 1. The lowest BCUT2D eigenvalue weighted by Gasteiger charge is -2.29. The number of nitrogens with two attached hydrogens (primary N) is 4. The summed E-state index contributed by atoms with van der Waals surface area (Å²) in [7, 11) is 0. The van der Waals surface area contributed by atoms with E-state index in [1.54, 1.807) is 12.1 Å². The van der Waals surface area contributed by atoms with Gasteiger partial charge in [0, 0.05) is 25.9 Å². The zero-order chi connectivity index (χ0) is 29.8.